The van der Waals surface area contributed by atoms with Crippen molar-refractivity contribution in [1.29, 1.82) is 0 Å². The van der Waals surface area contributed by atoms with Crippen LogP contribution in [-0.4, -0.2) is 15.7 Å². The molecule has 0 bridgehead atoms. The van der Waals surface area contributed by atoms with Crippen molar-refractivity contribution in [3.05, 3.63) is 17.0 Å². The van der Waals surface area contributed by atoms with Gasteiger partial charge >= 0.3 is 0 Å². The van der Waals surface area contributed by atoms with Crippen LogP contribution in [0.5, 0.6) is 0 Å². The van der Waals surface area contributed by atoms with Crippen molar-refractivity contribution in [1.82, 2.24) is 9.78 Å². The molecule has 0 aliphatic rings. The zero-order chi connectivity index (χ0) is 12.1. The van der Waals surface area contributed by atoms with Crippen LogP contribution in [0.2, 0.25) is 0 Å². The summed E-state index contributed by atoms with van der Waals surface area (Å²) < 4.78 is 1.59. The van der Waals surface area contributed by atoms with Crippen LogP contribution in [0.15, 0.2) is 0 Å². The van der Waals surface area contributed by atoms with E-state index in [2.05, 4.69) is 12.0 Å². The third-order valence-corrected chi connectivity index (χ3v) is 2.92. The summed E-state index contributed by atoms with van der Waals surface area (Å²) in [4.78, 5) is 11.8. The van der Waals surface area contributed by atoms with Crippen LogP contribution in [-0.2, 0) is 6.42 Å². The van der Waals surface area contributed by atoms with Crippen LogP contribution < -0.4 is 0 Å². The summed E-state index contributed by atoms with van der Waals surface area (Å²) in [6, 6.07) is 0. The molecule has 0 aliphatic carbocycles. The fraction of sp³-hybridized carbons (Fsp3) is 0.692. The average Bonchev–Trinajstić information content (AvgIpc) is 2.53. The summed E-state index contributed by atoms with van der Waals surface area (Å²) in [5.74, 6) is 0.117. The molecule has 1 aromatic rings. The van der Waals surface area contributed by atoms with Crippen molar-refractivity contribution in [2.24, 2.45) is 0 Å². The SMILES string of the molecule is CCCCc1c(C)nn(C(=O)CCC)c1C. The van der Waals surface area contributed by atoms with Gasteiger partial charge in [-0.1, -0.05) is 20.3 Å². The van der Waals surface area contributed by atoms with Crippen LogP contribution in [0.4, 0.5) is 0 Å². The molecule has 0 fully saturated rings. The van der Waals surface area contributed by atoms with Crippen molar-refractivity contribution in [3.8, 4) is 0 Å². The molecule has 1 aromatic heterocycles. The number of hydrogen-bond donors (Lipinski definition) is 0. The Bertz CT molecular complexity index is 366. The number of aromatic nitrogens is 2. The van der Waals surface area contributed by atoms with Gasteiger partial charge in [0.25, 0.3) is 0 Å². The summed E-state index contributed by atoms with van der Waals surface area (Å²) >= 11 is 0. The lowest BCUT2D eigenvalue weighted by atomic mass is 10.1. The van der Waals surface area contributed by atoms with Gasteiger partial charge in [-0.3, -0.25) is 4.79 Å². The van der Waals surface area contributed by atoms with Gasteiger partial charge < -0.3 is 0 Å². The Hall–Kier alpha value is -1.12. The molecule has 1 rings (SSSR count). The number of unbranched alkanes of at least 4 members (excludes halogenated alkanes) is 1. The Morgan fingerprint density at radius 1 is 1.25 bits per heavy atom. The molecule has 0 aliphatic heterocycles. The van der Waals surface area contributed by atoms with E-state index in [-0.39, 0.29) is 5.91 Å². The largest absolute Gasteiger partial charge is 0.273 e. The molecule has 0 N–H and O–H groups in total. The van der Waals surface area contributed by atoms with Crippen LogP contribution >= 0.6 is 0 Å². The van der Waals surface area contributed by atoms with Gasteiger partial charge in [0.05, 0.1) is 5.69 Å². The Kier molecular flexibility index (Phi) is 4.71. The molecule has 0 amide bonds. The van der Waals surface area contributed by atoms with E-state index in [9.17, 15) is 4.79 Å². The maximum atomic E-state index is 11.8. The smallest absolute Gasteiger partial charge is 0.247 e. The number of carbonyl (C=O) groups is 1. The van der Waals surface area contributed by atoms with Crippen LogP contribution in [0, 0.1) is 13.8 Å². The second-order valence-corrected chi connectivity index (χ2v) is 4.31. The molecular weight excluding hydrogens is 200 g/mol. The quantitative estimate of drug-likeness (QED) is 0.766. The number of carbonyl (C=O) groups excluding carboxylic acids is 1. The highest BCUT2D eigenvalue weighted by Crippen LogP contribution is 2.16. The lowest BCUT2D eigenvalue weighted by molar-refractivity contribution is 0.0883. The molecule has 0 atom stereocenters. The zero-order valence-corrected chi connectivity index (χ0v) is 10.8. The topological polar surface area (TPSA) is 34.9 Å². The lowest BCUT2D eigenvalue weighted by Crippen LogP contribution is -2.13. The van der Waals surface area contributed by atoms with E-state index < -0.39 is 0 Å². The first-order valence-corrected chi connectivity index (χ1v) is 6.20. The van der Waals surface area contributed by atoms with E-state index in [0.29, 0.717) is 6.42 Å². The van der Waals surface area contributed by atoms with Crippen molar-refractivity contribution in [3.63, 3.8) is 0 Å². The summed E-state index contributed by atoms with van der Waals surface area (Å²) in [6.45, 7) is 8.19. The average molecular weight is 222 g/mol. The minimum absolute atomic E-state index is 0.117. The third-order valence-electron chi connectivity index (χ3n) is 2.92. The van der Waals surface area contributed by atoms with Gasteiger partial charge in [-0.2, -0.15) is 5.10 Å². The van der Waals surface area contributed by atoms with Gasteiger partial charge in [0.2, 0.25) is 5.91 Å². The van der Waals surface area contributed by atoms with Crippen molar-refractivity contribution >= 4 is 5.91 Å². The normalized spacial score (nSPS) is 10.8. The number of aryl methyl sites for hydroxylation is 1. The van der Waals surface area contributed by atoms with Gasteiger partial charge in [-0.15, -0.1) is 0 Å². The Balaban J connectivity index is 2.92. The number of nitrogens with zero attached hydrogens (tertiary/aromatic N) is 2. The monoisotopic (exact) mass is 222 g/mol. The minimum atomic E-state index is 0.117. The van der Waals surface area contributed by atoms with E-state index in [1.165, 1.54) is 12.0 Å². The molecule has 0 radical (unpaired) electrons. The van der Waals surface area contributed by atoms with Gasteiger partial charge in [0.1, 0.15) is 0 Å². The molecule has 0 saturated heterocycles. The summed E-state index contributed by atoms with van der Waals surface area (Å²) in [6.07, 6.45) is 4.83. The second kappa shape index (κ2) is 5.83. The fourth-order valence-corrected chi connectivity index (χ4v) is 1.95. The maximum Gasteiger partial charge on any atom is 0.247 e. The zero-order valence-electron chi connectivity index (χ0n) is 10.8. The van der Waals surface area contributed by atoms with Crippen molar-refractivity contribution in [2.75, 3.05) is 0 Å². The highest BCUT2D eigenvalue weighted by atomic mass is 16.2. The van der Waals surface area contributed by atoms with E-state index in [1.807, 2.05) is 20.8 Å². The molecule has 0 unspecified atom stereocenters. The van der Waals surface area contributed by atoms with Gasteiger partial charge in [-0.25, -0.2) is 4.68 Å². The van der Waals surface area contributed by atoms with Gasteiger partial charge in [-0.05, 0) is 38.7 Å². The first-order chi connectivity index (χ1) is 7.61. The first-order valence-electron chi connectivity index (χ1n) is 6.20. The van der Waals surface area contributed by atoms with Crippen molar-refractivity contribution in [2.45, 2.75) is 59.8 Å². The molecular formula is C13H22N2O. The first kappa shape index (κ1) is 12.9. The minimum Gasteiger partial charge on any atom is -0.273 e. The maximum absolute atomic E-state index is 11.8. The molecule has 1 heterocycles. The number of rotatable bonds is 5. The summed E-state index contributed by atoms with van der Waals surface area (Å²) in [5.41, 5.74) is 3.30. The summed E-state index contributed by atoms with van der Waals surface area (Å²) in [7, 11) is 0. The molecule has 16 heavy (non-hydrogen) atoms. The highest BCUT2D eigenvalue weighted by Gasteiger charge is 2.15. The van der Waals surface area contributed by atoms with Crippen LogP contribution in [0.3, 0.4) is 0 Å². The Morgan fingerprint density at radius 2 is 1.94 bits per heavy atom. The fourth-order valence-electron chi connectivity index (χ4n) is 1.95. The van der Waals surface area contributed by atoms with Crippen LogP contribution in [0.1, 0.15) is 61.3 Å². The predicted molar refractivity (Wildman–Crippen MR) is 65.8 cm³/mol. The molecule has 3 heteroatoms. The Labute approximate surface area is 97.8 Å². The van der Waals surface area contributed by atoms with E-state index in [0.717, 1.165) is 30.7 Å². The van der Waals surface area contributed by atoms with E-state index in [1.54, 1.807) is 4.68 Å². The lowest BCUT2D eigenvalue weighted by Gasteiger charge is -2.02. The second-order valence-electron chi connectivity index (χ2n) is 4.31. The Morgan fingerprint density at radius 3 is 2.50 bits per heavy atom. The van der Waals surface area contributed by atoms with E-state index >= 15 is 0 Å². The third kappa shape index (κ3) is 2.71. The van der Waals surface area contributed by atoms with Crippen molar-refractivity contribution < 1.29 is 4.79 Å². The molecule has 0 aromatic carbocycles. The standard InChI is InChI=1S/C13H22N2O/c1-5-7-9-12-10(3)14-15(11(12)4)13(16)8-6-2/h5-9H2,1-4H3. The molecule has 0 saturated carbocycles. The molecule has 3 nitrogen and oxygen atoms in total. The van der Waals surface area contributed by atoms with Crippen LogP contribution in [0.25, 0.3) is 0 Å². The summed E-state index contributed by atoms with van der Waals surface area (Å²) in [5, 5.41) is 4.35. The highest BCUT2D eigenvalue weighted by molar-refractivity contribution is 5.79. The number of hydrogen-bond acceptors (Lipinski definition) is 2. The van der Waals surface area contributed by atoms with Gasteiger partial charge in [0, 0.05) is 12.1 Å². The molecule has 90 valence electrons. The van der Waals surface area contributed by atoms with E-state index in [4.69, 9.17) is 0 Å². The molecule has 0 spiro atoms. The predicted octanol–water partition coefficient (Wildman–Crippen LogP) is 3.28. The van der Waals surface area contributed by atoms with Gasteiger partial charge in [0.15, 0.2) is 0 Å².